The Morgan fingerprint density at radius 3 is 2.38 bits per heavy atom. The number of anilines is 2. The molecule has 4 fully saturated rings. The molecule has 2 aromatic rings. The van der Waals surface area contributed by atoms with Crippen LogP contribution >= 0.6 is 0 Å². The molecule has 2 aliphatic heterocycles. The fraction of sp³-hybridized carbons (Fsp3) is 0.423. The van der Waals surface area contributed by atoms with Crippen molar-refractivity contribution in [3.63, 3.8) is 0 Å². The normalized spacial score (nSPS) is 29.2. The number of carbonyl (C=O) groups is 2. The average Bonchev–Trinajstić information content (AvgIpc) is 2.87. The van der Waals surface area contributed by atoms with Crippen LogP contribution in [-0.2, 0) is 36.2 Å². The molecule has 2 N–H and O–H groups in total. The van der Waals surface area contributed by atoms with Crippen molar-refractivity contribution >= 4 is 48.9 Å². The maximum Gasteiger partial charge on any atom is 0.286 e. The third-order valence-corrected chi connectivity index (χ3v) is 10.2. The summed E-state index contributed by atoms with van der Waals surface area (Å²) in [5.74, 6) is -3.11. The smallest absolute Gasteiger partial charge is 0.286 e. The standard InChI is InChI=1S/C26H27FN4O6S2/c1-38(34,35)29-18-10-11-19-20(12-18)39(36,37)30-25(28-19)22-24(32)21-15-4-6-16(7-5-15)23(21)31(26(22)33)13-14-2-8-17(27)9-3-14/h2-3,8-12,15-16,21-23,29H,4-7,13H2,1H3,(H,28,30)/t15?,16?,21-,22?,23+/m0/s1. The van der Waals surface area contributed by atoms with Crippen molar-refractivity contribution in [1.29, 1.82) is 0 Å². The summed E-state index contributed by atoms with van der Waals surface area (Å²) >= 11 is 0. The monoisotopic (exact) mass is 574 g/mol. The second-order valence-electron chi connectivity index (χ2n) is 10.8. The van der Waals surface area contributed by atoms with Crippen LogP contribution in [0.15, 0.2) is 51.8 Å². The van der Waals surface area contributed by atoms with Crippen molar-refractivity contribution in [2.45, 2.75) is 43.2 Å². The van der Waals surface area contributed by atoms with Crippen LogP contribution in [0.25, 0.3) is 0 Å². The molecule has 206 valence electrons. The van der Waals surface area contributed by atoms with Gasteiger partial charge in [-0.15, -0.1) is 4.40 Å². The molecule has 13 heteroatoms. The van der Waals surface area contributed by atoms with E-state index in [1.165, 1.54) is 24.3 Å². The molecule has 2 bridgehead atoms. The molecule has 5 aliphatic rings. The third kappa shape index (κ3) is 4.61. The Hall–Kier alpha value is -3.32. The van der Waals surface area contributed by atoms with Gasteiger partial charge >= 0.3 is 0 Å². The summed E-state index contributed by atoms with van der Waals surface area (Å²) in [6.07, 6.45) is 4.53. The van der Waals surface area contributed by atoms with Crippen LogP contribution in [0.5, 0.6) is 0 Å². The van der Waals surface area contributed by atoms with Gasteiger partial charge in [0.05, 0.1) is 11.9 Å². The molecule has 2 heterocycles. The Morgan fingerprint density at radius 1 is 1.05 bits per heavy atom. The first-order valence-electron chi connectivity index (χ1n) is 12.7. The molecule has 1 amide bonds. The minimum atomic E-state index is -4.36. The molecule has 10 nitrogen and oxygen atoms in total. The summed E-state index contributed by atoms with van der Waals surface area (Å²) in [7, 11) is -8.01. The third-order valence-electron chi connectivity index (χ3n) is 8.26. The van der Waals surface area contributed by atoms with Crippen molar-refractivity contribution in [3.05, 3.63) is 53.8 Å². The van der Waals surface area contributed by atoms with Crippen LogP contribution in [0.4, 0.5) is 15.8 Å². The number of fused-ring (bicyclic) bond motifs is 3. The minimum Gasteiger partial charge on any atom is -0.341 e. The molecule has 3 aliphatic carbocycles. The van der Waals surface area contributed by atoms with E-state index in [0.717, 1.165) is 38.0 Å². The van der Waals surface area contributed by atoms with E-state index < -0.39 is 43.6 Å². The number of hydrogen-bond donors (Lipinski definition) is 2. The number of amides is 1. The van der Waals surface area contributed by atoms with E-state index in [4.69, 9.17) is 0 Å². The number of hydrogen-bond acceptors (Lipinski definition) is 7. The summed E-state index contributed by atoms with van der Waals surface area (Å²) < 4.78 is 69.2. The van der Waals surface area contributed by atoms with Gasteiger partial charge in [-0.3, -0.25) is 14.3 Å². The van der Waals surface area contributed by atoms with Gasteiger partial charge in [0, 0.05) is 24.2 Å². The van der Waals surface area contributed by atoms with Crippen LogP contribution < -0.4 is 10.0 Å². The molecule has 0 spiro atoms. The van der Waals surface area contributed by atoms with E-state index in [-0.39, 0.29) is 52.3 Å². The first-order chi connectivity index (χ1) is 18.4. The molecular weight excluding hydrogens is 547 g/mol. The van der Waals surface area contributed by atoms with E-state index in [1.54, 1.807) is 17.0 Å². The number of Topliss-reactive ketones (excluding diaryl/α,β-unsaturated/α-hetero) is 1. The number of nitrogens with zero attached hydrogens (tertiary/aromatic N) is 2. The summed E-state index contributed by atoms with van der Waals surface area (Å²) in [6, 6.07) is 9.44. The number of ketones is 1. The lowest BCUT2D eigenvalue weighted by Gasteiger charge is -2.55. The van der Waals surface area contributed by atoms with E-state index in [0.29, 0.717) is 5.56 Å². The molecule has 3 saturated carbocycles. The fourth-order valence-corrected chi connectivity index (χ4v) is 8.43. The zero-order valence-corrected chi connectivity index (χ0v) is 22.6. The van der Waals surface area contributed by atoms with Gasteiger partial charge in [0.1, 0.15) is 16.5 Å². The first kappa shape index (κ1) is 25.9. The summed E-state index contributed by atoms with van der Waals surface area (Å²) in [5.41, 5.74) is 0.842. The van der Waals surface area contributed by atoms with Gasteiger partial charge in [0.15, 0.2) is 11.7 Å². The number of carbonyl (C=O) groups excluding carboxylic acids is 2. The van der Waals surface area contributed by atoms with Crippen molar-refractivity contribution in [2.24, 2.45) is 28.1 Å². The molecule has 1 unspecified atom stereocenters. The number of likely N-dealkylation sites (tertiary alicyclic amines) is 1. The highest BCUT2D eigenvalue weighted by Crippen LogP contribution is 2.51. The summed E-state index contributed by atoms with van der Waals surface area (Å²) in [6.45, 7) is 0.171. The van der Waals surface area contributed by atoms with E-state index in [2.05, 4.69) is 14.4 Å². The Kier molecular flexibility index (Phi) is 6.06. The zero-order valence-electron chi connectivity index (χ0n) is 21.0. The van der Waals surface area contributed by atoms with E-state index in [9.17, 15) is 30.8 Å². The molecular formula is C26H27FN4O6S2. The molecule has 3 atom stereocenters. The van der Waals surface area contributed by atoms with Crippen LogP contribution in [0.1, 0.15) is 31.2 Å². The SMILES string of the molecule is CS(=O)(=O)Nc1ccc2c(c1)S(=O)(=O)N=C(C1C(=O)[C@H]3C4CCC(CC4)[C@H]3N(Cc3ccc(F)cc3)C1=O)N2. The van der Waals surface area contributed by atoms with Gasteiger partial charge in [-0.25, -0.2) is 12.8 Å². The Labute approximate surface area is 225 Å². The highest BCUT2D eigenvalue weighted by molar-refractivity contribution is 7.92. The predicted molar refractivity (Wildman–Crippen MR) is 141 cm³/mol. The number of amidine groups is 1. The predicted octanol–water partition coefficient (Wildman–Crippen LogP) is 2.74. The number of rotatable bonds is 5. The molecule has 0 radical (unpaired) electrons. The van der Waals surface area contributed by atoms with Gasteiger partial charge in [0.25, 0.3) is 10.0 Å². The van der Waals surface area contributed by atoms with E-state index >= 15 is 0 Å². The first-order valence-corrected chi connectivity index (χ1v) is 16.1. The Morgan fingerprint density at radius 2 is 1.72 bits per heavy atom. The molecule has 2 aromatic carbocycles. The summed E-state index contributed by atoms with van der Waals surface area (Å²) in [4.78, 5) is 29.4. The zero-order chi connectivity index (χ0) is 27.7. The number of halogens is 1. The van der Waals surface area contributed by atoms with Crippen molar-refractivity contribution in [3.8, 4) is 0 Å². The largest absolute Gasteiger partial charge is 0.341 e. The van der Waals surface area contributed by atoms with Gasteiger partial charge in [-0.2, -0.15) is 8.42 Å². The maximum atomic E-state index is 14.0. The lowest BCUT2D eigenvalue weighted by molar-refractivity contribution is -0.162. The maximum absolute atomic E-state index is 14.0. The van der Waals surface area contributed by atoms with Gasteiger partial charge in [-0.05, 0) is 73.4 Å². The molecule has 7 rings (SSSR count). The number of nitrogens with one attached hydrogen (secondary N) is 2. The van der Waals surface area contributed by atoms with Crippen molar-refractivity contribution < 1.29 is 30.8 Å². The number of sulfonamides is 2. The van der Waals surface area contributed by atoms with Crippen LogP contribution in [-0.4, -0.2) is 51.6 Å². The van der Waals surface area contributed by atoms with E-state index in [1.807, 2.05) is 0 Å². The van der Waals surface area contributed by atoms with Crippen LogP contribution in [0.3, 0.4) is 0 Å². The summed E-state index contributed by atoms with van der Waals surface area (Å²) in [5, 5.41) is 2.88. The Balaban J connectivity index is 1.38. The second kappa shape index (κ2) is 9.12. The average molecular weight is 575 g/mol. The van der Waals surface area contributed by atoms with Gasteiger partial charge in [-0.1, -0.05) is 12.1 Å². The minimum absolute atomic E-state index is 0.0386. The topological polar surface area (TPSA) is 142 Å². The number of benzene rings is 2. The van der Waals surface area contributed by atoms with Crippen LogP contribution in [0.2, 0.25) is 0 Å². The highest BCUT2D eigenvalue weighted by Gasteiger charge is 2.58. The second-order valence-corrected chi connectivity index (χ2v) is 14.1. The quantitative estimate of drug-likeness (QED) is 0.523. The van der Waals surface area contributed by atoms with Crippen molar-refractivity contribution in [2.75, 3.05) is 16.3 Å². The highest BCUT2D eigenvalue weighted by atomic mass is 32.2. The fourth-order valence-electron chi connectivity index (χ4n) is 6.70. The molecule has 1 saturated heterocycles. The van der Waals surface area contributed by atoms with Gasteiger partial charge < -0.3 is 10.2 Å². The number of piperidine rings is 1. The van der Waals surface area contributed by atoms with Gasteiger partial charge in [0.2, 0.25) is 15.9 Å². The van der Waals surface area contributed by atoms with Crippen LogP contribution in [0, 0.1) is 29.5 Å². The molecule has 0 aromatic heterocycles. The molecule has 39 heavy (non-hydrogen) atoms. The van der Waals surface area contributed by atoms with Crippen molar-refractivity contribution in [1.82, 2.24) is 4.90 Å². The lowest BCUT2D eigenvalue weighted by Crippen LogP contribution is -2.66. The lowest BCUT2D eigenvalue weighted by atomic mass is 9.57. The Bertz CT molecular complexity index is 1620.